The van der Waals surface area contributed by atoms with E-state index in [-0.39, 0.29) is 5.91 Å². The normalized spacial score (nSPS) is 22.3. The number of piperidine rings is 1. The number of likely N-dealkylation sites (tertiary alicyclic amines) is 1. The van der Waals surface area contributed by atoms with E-state index in [1.807, 2.05) is 28.8 Å². The Labute approximate surface area is 164 Å². The summed E-state index contributed by atoms with van der Waals surface area (Å²) in [5.74, 6) is 2.95. The molecule has 1 aromatic heterocycles. The number of ether oxygens (including phenoxy) is 1. The second-order valence-corrected chi connectivity index (χ2v) is 8.35. The van der Waals surface area contributed by atoms with Crippen molar-refractivity contribution in [3.05, 3.63) is 30.6 Å². The number of carbonyl (C=O) groups is 1. The van der Waals surface area contributed by atoms with Crippen molar-refractivity contribution in [2.45, 2.75) is 37.3 Å². The molecule has 2 heterocycles. The molecule has 2 aromatic rings. The van der Waals surface area contributed by atoms with E-state index in [1.54, 1.807) is 13.4 Å². The Hall–Kier alpha value is -2.02. The fourth-order valence-corrected chi connectivity index (χ4v) is 5.14. The number of rotatable bonds is 5. The summed E-state index contributed by atoms with van der Waals surface area (Å²) in [4.78, 5) is 14.8. The van der Waals surface area contributed by atoms with Gasteiger partial charge in [0.2, 0.25) is 5.91 Å². The quantitative estimate of drug-likeness (QED) is 0.737. The van der Waals surface area contributed by atoms with Crippen molar-refractivity contribution in [1.82, 2.24) is 19.7 Å². The number of carbonyl (C=O) groups excluding carboxylic acids is 1. The van der Waals surface area contributed by atoms with E-state index in [2.05, 4.69) is 15.1 Å². The summed E-state index contributed by atoms with van der Waals surface area (Å²) in [5.41, 5.74) is 0.928. The number of hydrogen-bond acceptors (Lipinski definition) is 5. The summed E-state index contributed by atoms with van der Waals surface area (Å²) in [5, 5.41) is 8.95. The Kier molecular flexibility index (Phi) is 5.66. The van der Waals surface area contributed by atoms with Gasteiger partial charge in [0.1, 0.15) is 12.1 Å². The molecule has 2 atom stereocenters. The number of amides is 1. The number of benzene rings is 1. The molecule has 0 bridgehead atoms. The van der Waals surface area contributed by atoms with E-state index in [4.69, 9.17) is 4.74 Å². The molecule has 4 rings (SSSR count). The SMILES string of the molecule is COc1cccc(-n2cnnc2SCC(=O)N2CC[C@H]3CCCC[C@H]3C2)c1. The maximum absolute atomic E-state index is 12.7. The van der Waals surface area contributed by atoms with E-state index in [1.165, 1.54) is 43.9 Å². The Morgan fingerprint density at radius 3 is 2.96 bits per heavy atom. The second-order valence-electron chi connectivity index (χ2n) is 7.41. The fraction of sp³-hybridized carbons (Fsp3) is 0.550. The monoisotopic (exact) mass is 386 g/mol. The molecule has 1 saturated heterocycles. The van der Waals surface area contributed by atoms with Crippen LogP contribution in [-0.2, 0) is 4.79 Å². The Morgan fingerprint density at radius 1 is 1.26 bits per heavy atom. The van der Waals surface area contributed by atoms with Crippen molar-refractivity contribution >= 4 is 17.7 Å². The minimum atomic E-state index is 0.212. The van der Waals surface area contributed by atoms with Gasteiger partial charge in [-0.15, -0.1) is 10.2 Å². The highest BCUT2D eigenvalue weighted by atomic mass is 32.2. The van der Waals surface area contributed by atoms with Crippen LogP contribution in [0.25, 0.3) is 5.69 Å². The van der Waals surface area contributed by atoms with E-state index < -0.39 is 0 Å². The van der Waals surface area contributed by atoms with Gasteiger partial charge in [0.25, 0.3) is 0 Å². The highest BCUT2D eigenvalue weighted by Gasteiger charge is 2.32. The Bertz CT molecular complexity index is 794. The lowest BCUT2D eigenvalue weighted by Crippen LogP contribution is -2.45. The lowest BCUT2D eigenvalue weighted by atomic mass is 9.75. The molecule has 1 aromatic carbocycles. The third kappa shape index (κ3) is 4.13. The van der Waals surface area contributed by atoms with Gasteiger partial charge in [-0.2, -0.15) is 0 Å². The minimum absolute atomic E-state index is 0.212. The van der Waals surface area contributed by atoms with Gasteiger partial charge in [0, 0.05) is 19.2 Å². The van der Waals surface area contributed by atoms with Crippen LogP contribution in [0.3, 0.4) is 0 Å². The largest absolute Gasteiger partial charge is 0.497 e. The summed E-state index contributed by atoms with van der Waals surface area (Å²) in [7, 11) is 1.65. The highest BCUT2D eigenvalue weighted by molar-refractivity contribution is 7.99. The lowest BCUT2D eigenvalue weighted by molar-refractivity contribution is -0.131. The number of fused-ring (bicyclic) bond motifs is 1. The molecule has 6 nitrogen and oxygen atoms in total. The van der Waals surface area contributed by atoms with Crippen LogP contribution in [0.4, 0.5) is 0 Å². The van der Waals surface area contributed by atoms with Crippen molar-refractivity contribution in [1.29, 1.82) is 0 Å². The molecule has 1 aliphatic carbocycles. The first kappa shape index (κ1) is 18.3. The maximum Gasteiger partial charge on any atom is 0.233 e. The summed E-state index contributed by atoms with van der Waals surface area (Å²) in [6.45, 7) is 1.84. The van der Waals surface area contributed by atoms with E-state index in [9.17, 15) is 4.79 Å². The summed E-state index contributed by atoms with van der Waals surface area (Å²) >= 11 is 1.45. The number of aromatic nitrogens is 3. The van der Waals surface area contributed by atoms with Crippen LogP contribution in [0.2, 0.25) is 0 Å². The zero-order chi connectivity index (χ0) is 18.6. The predicted molar refractivity (Wildman–Crippen MR) is 105 cm³/mol. The third-order valence-corrected chi connectivity index (χ3v) is 6.74. The molecular weight excluding hydrogens is 360 g/mol. The van der Waals surface area contributed by atoms with Gasteiger partial charge in [-0.25, -0.2) is 0 Å². The molecule has 144 valence electrons. The summed E-state index contributed by atoms with van der Waals surface area (Å²) < 4.78 is 7.19. The molecule has 0 N–H and O–H groups in total. The van der Waals surface area contributed by atoms with Crippen molar-refractivity contribution in [2.75, 3.05) is 26.0 Å². The molecule has 7 heteroatoms. The number of methoxy groups -OCH3 is 1. The van der Waals surface area contributed by atoms with Crippen LogP contribution >= 0.6 is 11.8 Å². The van der Waals surface area contributed by atoms with Crippen LogP contribution in [0.5, 0.6) is 5.75 Å². The molecular formula is C20H26N4O2S. The molecule has 0 radical (unpaired) electrons. The Balaban J connectivity index is 1.38. The van der Waals surface area contributed by atoms with Crippen LogP contribution < -0.4 is 4.74 Å². The smallest absolute Gasteiger partial charge is 0.233 e. The van der Waals surface area contributed by atoms with Gasteiger partial charge in [-0.1, -0.05) is 37.1 Å². The topological polar surface area (TPSA) is 60.2 Å². The van der Waals surface area contributed by atoms with Gasteiger partial charge < -0.3 is 9.64 Å². The number of hydrogen-bond donors (Lipinski definition) is 0. The number of nitrogens with zero attached hydrogens (tertiary/aromatic N) is 4. The maximum atomic E-state index is 12.7. The van der Waals surface area contributed by atoms with Gasteiger partial charge >= 0.3 is 0 Å². The zero-order valence-electron chi connectivity index (χ0n) is 15.7. The van der Waals surface area contributed by atoms with Crippen molar-refractivity contribution in [2.24, 2.45) is 11.8 Å². The lowest BCUT2D eigenvalue weighted by Gasteiger charge is -2.41. The molecule has 27 heavy (non-hydrogen) atoms. The van der Waals surface area contributed by atoms with E-state index in [0.29, 0.717) is 11.7 Å². The predicted octanol–water partition coefficient (Wildman–Crippen LogP) is 3.41. The van der Waals surface area contributed by atoms with Gasteiger partial charge in [0.05, 0.1) is 18.6 Å². The minimum Gasteiger partial charge on any atom is -0.497 e. The average molecular weight is 387 g/mol. The molecule has 1 amide bonds. The van der Waals surface area contributed by atoms with Crippen molar-refractivity contribution < 1.29 is 9.53 Å². The zero-order valence-corrected chi connectivity index (χ0v) is 16.5. The first-order valence-electron chi connectivity index (χ1n) is 9.69. The van der Waals surface area contributed by atoms with Gasteiger partial charge in [-0.3, -0.25) is 9.36 Å². The first-order chi connectivity index (χ1) is 13.2. The molecule has 0 unspecified atom stereocenters. The van der Waals surface area contributed by atoms with Crippen molar-refractivity contribution in [3.8, 4) is 11.4 Å². The van der Waals surface area contributed by atoms with E-state index >= 15 is 0 Å². The Morgan fingerprint density at radius 2 is 2.11 bits per heavy atom. The standard InChI is InChI=1S/C20H26N4O2S/c1-26-18-8-4-7-17(11-18)24-14-21-22-20(24)27-13-19(25)23-10-9-15-5-2-3-6-16(15)12-23/h4,7-8,11,14-16H,2-3,5-6,9-10,12-13H2,1H3/t15-,16+/m1/s1. The fourth-order valence-electron chi connectivity index (χ4n) is 4.31. The molecule has 2 fully saturated rings. The van der Waals surface area contributed by atoms with Crippen LogP contribution in [0.15, 0.2) is 35.7 Å². The second kappa shape index (κ2) is 8.33. The van der Waals surface area contributed by atoms with Gasteiger partial charge in [-0.05, 0) is 36.8 Å². The number of thioether (sulfide) groups is 1. The highest BCUT2D eigenvalue weighted by Crippen LogP contribution is 2.36. The summed E-state index contributed by atoms with van der Waals surface area (Å²) in [6.07, 6.45) is 8.17. The third-order valence-electron chi connectivity index (χ3n) is 5.82. The molecule has 2 aliphatic rings. The summed E-state index contributed by atoms with van der Waals surface area (Å²) in [6, 6.07) is 7.75. The van der Waals surface area contributed by atoms with Crippen LogP contribution in [0, 0.1) is 11.8 Å². The first-order valence-corrected chi connectivity index (χ1v) is 10.7. The molecule has 1 saturated carbocycles. The van der Waals surface area contributed by atoms with E-state index in [0.717, 1.165) is 35.6 Å². The van der Waals surface area contributed by atoms with Gasteiger partial charge in [0.15, 0.2) is 5.16 Å². The van der Waals surface area contributed by atoms with Crippen molar-refractivity contribution in [3.63, 3.8) is 0 Å². The van der Waals surface area contributed by atoms with Crippen LogP contribution in [0.1, 0.15) is 32.1 Å². The molecule has 0 spiro atoms. The molecule has 1 aliphatic heterocycles. The van der Waals surface area contributed by atoms with Crippen LogP contribution in [-0.4, -0.2) is 51.5 Å². The average Bonchev–Trinajstić information content (AvgIpc) is 3.20.